The molecular weight excluding hydrogens is 712 g/mol. The van der Waals surface area contributed by atoms with Gasteiger partial charge in [0.05, 0.1) is 38.5 Å². The molecule has 4 saturated heterocycles. The number of aliphatic hydroxyl groups is 12. The van der Waals surface area contributed by atoms with E-state index in [9.17, 15) is 65.8 Å². The molecule has 24 heteroatoms. The summed E-state index contributed by atoms with van der Waals surface area (Å²) in [6.07, 6.45) is -22.1. The molecule has 4 rings (SSSR count). The Labute approximate surface area is 296 Å². The Morgan fingerprint density at radius 3 is 1.44 bits per heavy atom. The van der Waals surface area contributed by atoms with Gasteiger partial charge in [-0.05, 0) is 0 Å². The normalized spacial score (nSPS) is 46.8. The second-order valence-corrected chi connectivity index (χ2v) is 12.7. The lowest BCUT2D eigenvalue weighted by molar-refractivity contribution is -0.327. The maximum absolute atomic E-state index is 11.5. The van der Waals surface area contributed by atoms with E-state index >= 15 is 0 Å². The third-order valence-electron chi connectivity index (χ3n) is 8.92. The van der Waals surface area contributed by atoms with E-state index in [4.69, 9.17) is 45.0 Å². The van der Waals surface area contributed by atoms with Crippen molar-refractivity contribution in [3.05, 3.63) is 0 Å². The number of amides is 2. The van der Waals surface area contributed by atoms with E-state index in [0.717, 1.165) is 13.8 Å². The number of nitrogens with one attached hydrogen (secondary N) is 2. The molecule has 4 aliphatic rings. The molecule has 0 aromatic heterocycles. The predicted octanol–water partition coefficient (Wildman–Crippen LogP) is -10.6. The standard InChI is InChI=1S/C16H28N2O11.C12H24N2O9/c1-5(21)17-9-13(25)14(8(4-20)27-15(9)26)29-16-10(18-6(2)22)12(24)11(23)7(3-19)28-16;13-5-9(19)10(4(2-16)21-11(5)20)23-12-6(14)8(18)7(17)3(1-15)22-12/h7-16,19-20,23-26H,3-4H2,1-2H3,(H,17,21)(H,18,22);3-12,15-20H,1-2,13-14H2/t7-,8-,9-,10-,11-,12-,13-,14-,15-,16+;3-,4-,5-,6-,7-,8-,9-,10-,11-,12+/m11/s1. The molecule has 24 nitrogen and oxygen atoms in total. The first-order valence-corrected chi connectivity index (χ1v) is 16.3. The van der Waals surface area contributed by atoms with E-state index in [2.05, 4.69) is 10.6 Å². The summed E-state index contributed by atoms with van der Waals surface area (Å²) in [6, 6.07) is -4.95. The zero-order valence-corrected chi connectivity index (χ0v) is 28.2. The van der Waals surface area contributed by atoms with Crippen LogP contribution < -0.4 is 22.1 Å². The number of hydrogen-bond donors (Lipinski definition) is 16. The lowest BCUT2D eigenvalue weighted by Crippen LogP contribution is -2.69. The number of nitrogens with two attached hydrogens (primary N) is 2. The van der Waals surface area contributed by atoms with E-state index in [1.165, 1.54) is 0 Å². The van der Waals surface area contributed by atoms with Crippen LogP contribution in [0.3, 0.4) is 0 Å². The van der Waals surface area contributed by atoms with Gasteiger partial charge in [-0.15, -0.1) is 0 Å². The predicted molar refractivity (Wildman–Crippen MR) is 164 cm³/mol. The molecular formula is C28H52N4O20. The smallest absolute Gasteiger partial charge is 0.217 e. The average Bonchev–Trinajstić information content (AvgIpc) is 3.10. The third-order valence-corrected chi connectivity index (χ3v) is 8.92. The first-order chi connectivity index (χ1) is 24.4. The zero-order chi connectivity index (χ0) is 39.2. The van der Waals surface area contributed by atoms with Crippen LogP contribution in [-0.4, -0.2) is 222 Å². The van der Waals surface area contributed by atoms with Gasteiger partial charge in [0.1, 0.15) is 85.3 Å². The van der Waals surface area contributed by atoms with Crippen LogP contribution in [0.25, 0.3) is 0 Å². The summed E-state index contributed by atoms with van der Waals surface area (Å²) >= 11 is 0. The Balaban J connectivity index is 0.000000288. The fourth-order valence-electron chi connectivity index (χ4n) is 6.03. The SMILES string of the molecule is CC(=O)N[C@@H]1[C@@H](O)[C@H](O[C@@H]2O[C@H](CO)[C@@H](O)[C@H](O)[C@H]2NC(C)=O)[C@@H](CO)O[C@H]1O.N[C@@H]1[C@@H](O)[C@H](O[C@@H]2O[C@H](CO)[C@@H](O)[C@H](O)[C@H]2N)[C@@H](CO)O[C@H]1O. The number of carbonyl (C=O) groups excluding carboxylic acids is 2. The van der Waals surface area contributed by atoms with Crippen LogP contribution in [0.5, 0.6) is 0 Å². The molecule has 0 aliphatic carbocycles. The summed E-state index contributed by atoms with van der Waals surface area (Å²) in [6.45, 7) is -0.206. The highest BCUT2D eigenvalue weighted by atomic mass is 16.7. The van der Waals surface area contributed by atoms with Gasteiger partial charge in [0, 0.05) is 13.8 Å². The minimum atomic E-state index is -1.64. The van der Waals surface area contributed by atoms with Gasteiger partial charge in [0.15, 0.2) is 25.2 Å². The zero-order valence-electron chi connectivity index (χ0n) is 28.2. The molecule has 52 heavy (non-hydrogen) atoms. The number of aliphatic hydroxyl groups excluding tert-OH is 12. The Morgan fingerprint density at radius 2 is 0.942 bits per heavy atom. The summed E-state index contributed by atoms with van der Waals surface area (Å²) in [5.74, 6) is -1.14. The maximum Gasteiger partial charge on any atom is 0.217 e. The summed E-state index contributed by atoms with van der Waals surface area (Å²) in [5, 5.41) is 122. The van der Waals surface area contributed by atoms with Crippen LogP contribution in [0, 0.1) is 0 Å². The van der Waals surface area contributed by atoms with Crippen molar-refractivity contribution in [2.24, 2.45) is 11.5 Å². The average molecular weight is 765 g/mol. The second-order valence-electron chi connectivity index (χ2n) is 12.7. The van der Waals surface area contributed by atoms with Crippen LogP contribution in [0.1, 0.15) is 13.8 Å². The minimum absolute atomic E-state index is 0.568. The first-order valence-electron chi connectivity index (χ1n) is 16.3. The summed E-state index contributed by atoms with van der Waals surface area (Å²) in [5.41, 5.74) is 11.3. The van der Waals surface area contributed by atoms with Crippen LogP contribution in [0.15, 0.2) is 0 Å². The van der Waals surface area contributed by atoms with Gasteiger partial charge in [-0.1, -0.05) is 0 Å². The Hall–Kier alpha value is -1.86. The molecule has 0 aromatic rings. The maximum atomic E-state index is 11.5. The number of ether oxygens (including phenoxy) is 6. The Kier molecular flexibility index (Phi) is 16.8. The van der Waals surface area contributed by atoms with Gasteiger partial charge < -0.3 is 112 Å². The molecule has 0 aromatic carbocycles. The van der Waals surface area contributed by atoms with Crippen molar-refractivity contribution in [1.29, 1.82) is 0 Å². The largest absolute Gasteiger partial charge is 0.394 e. The van der Waals surface area contributed by atoms with Crippen LogP contribution in [0.4, 0.5) is 0 Å². The molecule has 0 saturated carbocycles. The van der Waals surface area contributed by atoms with Gasteiger partial charge in [-0.25, -0.2) is 0 Å². The number of rotatable bonds is 10. The van der Waals surface area contributed by atoms with E-state index in [1.807, 2.05) is 0 Å². The molecule has 304 valence electrons. The molecule has 20 atom stereocenters. The van der Waals surface area contributed by atoms with E-state index in [0.29, 0.717) is 0 Å². The topological polar surface area (TPSA) is 408 Å². The van der Waals surface area contributed by atoms with Gasteiger partial charge in [0.25, 0.3) is 0 Å². The van der Waals surface area contributed by atoms with Crippen LogP contribution in [0.2, 0.25) is 0 Å². The lowest BCUT2D eigenvalue weighted by Gasteiger charge is -2.47. The van der Waals surface area contributed by atoms with Crippen molar-refractivity contribution in [3.63, 3.8) is 0 Å². The van der Waals surface area contributed by atoms with Gasteiger partial charge >= 0.3 is 0 Å². The quantitative estimate of drug-likeness (QED) is 0.0981. The van der Waals surface area contributed by atoms with Gasteiger partial charge in [-0.2, -0.15) is 0 Å². The van der Waals surface area contributed by atoms with Crippen molar-refractivity contribution in [3.8, 4) is 0 Å². The van der Waals surface area contributed by atoms with Gasteiger partial charge in [-0.3, -0.25) is 9.59 Å². The highest BCUT2D eigenvalue weighted by Gasteiger charge is 2.52. The van der Waals surface area contributed by atoms with E-state index in [1.54, 1.807) is 0 Å². The third kappa shape index (κ3) is 10.3. The molecule has 0 unspecified atom stereocenters. The summed E-state index contributed by atoms with van der Waals surface area (Å²) in [7, 11) is 0. The molecule has 4 heterocycles. The van der Waals surface area contributed by atoms with Crippen molar-refractivity contribution in [1.82, 2.24) is 10.6 Å². The van der Waals surface area contributed by atoms with E-state index < -0.39 is 161 Å². The molecule has 0 bridgehead atoms. The van der Waals surface area contributed by atoms with Crippen molar-refractivity contribution < 1.29 is 99.3 Å². The van der Waals surface area contributed by atoms with Crippen LogP contribution in [-0.2, 0) is 38.0 Å². The molecule has 4 aliphatic heterocycles. The Morgan fingerprint density at radius 1 is 0.519 bits per heavy atom. The summed E-state index contributed by atoms with van der Waals surface area (Å²) < 4.78 is 32.1. The number of carbonyl (C=O) groups is 2. The second kappa shape index (κ2) is 19.6. The van der Waals surface area contributed by atoms with Crippen LogP contribution >= 0.6 is 0 Å². The number of hydrogen-bond acceptors (Lipinski definition) is 22. The highest BCUT2D eigenvalue weighted by Crippen LogP contribution is 2.30. The molecule has 18 N–H and O–H groups in total. The molecule has 0 radical (unpaired) electrons. The van der Waals surface area contributed by atoms with Crippen molar-refractivity contribution >= 4 is 11.8 Å². The fourth-order valence-corrected chi connectivity index (χ4v) is 6.03. The van der Waals surface area contributed by atoms with Crippen molar-refractivity contribution in [2.45, 2.75) is 136 Å². The highest BCUT2D eigenvalue weighted by molar-refractivity contribution is 5.73. The molecule has 2 amide bonds. The lowest BCUT2D eigenvalue weighted by atomic mass is 9.94. The van der Waals surface area contributed by atoms with Crippen molar-refractivity contribution in [2.75, 3.05) is 26.4 Å². The molecule has 0 spiro atoms. The van der Waals surface area contributed by atoms with Gasteiger partial charge in [0.2, 0.25) is 11.8 Å². The first kappa shape index (κ1) is 44.5. The monoisotopic (exact) mass is 764 g/mol. The molecule has 4 fully saturated rings. The summed E-state index contributed by atoms with van der Waals surface area (Å²) in [4.78, 5) is 22.8. The Bertz CT molecular complexity index is 1130. The fraction of sp³-hybridized carbons (Fsp3) is 0.929. The van der Waals surface area contributed by atoms with E-state index in [-0.39, 0.29) is 0 Å². The minimum Gasteiger partial charge on any atom is -0.394 e.